The molecule has 2 N–H and O–H groups in total. The van der Waals surface area contributed by atoms with Crippen molar-refractivity contribution in [1.29, 1.82) is 0 Å². The summed E-state index contributed by atoms with van der Waals surface area (Å²) in [6.07, 6.45) is 0. The third-order valence-electron chi connectivity index (χ3n) is 2.37. The lowest BCUT2D eigenvalue weighted by Gasteiger charge is -2.08. The maximum Gasteiger partial charge on any atom is 0.257 e. The second-order valence-corrected chi connectivity index (χ2v) is 5.07. The van der Waals surface area contributed by atoms with Crippen LogP contribution in [0.4, 0.5) is 10.1 Å². The van der Waals surface area contributed by atoms with E-state index < -0.39 is 11.7 Å². The van der Waals surface area contributed by atoms with Gasteiger partial charge in [-0.2, -0.15) is 0 Å². The van der Waals surface area contributed by atoms with E-state index in [1.54, 1.807) is 12.1 Å². The smallest absolute Gasteiger partial charge is 0.257 e. The lowest BCUT2D eigenvalue weighted by atomic mass is 10.2. The van der Waals surface area contributed by atoms with Crippen molar-refractivity contribution in [2.75, 3.05) is 5.32 Å². The molecule has 2 aromatic carbocycles. The summed E-state index contributed by atoms with van der Waals surface area (Å²) in [5.74, 6) is -1.47. The zero-order valence-corrected chi connectivity index (χ0v) is 11.8. The van der Waals surface area contributed by atoms with Gasteiger partial charge in [-0.05, 0) is 30.3 Å². The average Bonchev–Trinajstić information content (AvgIpc) is 2.35. The van der Waals surface area contributed by atoms with Crippen molar-refractivity contribution in [3.8, 4) is 5.75 Å². The van der Waals surface area contributed by atoms with E-state index in [4.69, 9.17) is 16.7 Å². The minimum absolute atomic E-state index is 0.0288. The number of amides is 1. The average molecular weight is 345 g/mol. The standard InChI is InChI=1S/C13H8BrClFNO2/c14-7-1-3-10(15)9(5-7)13(19)17-12-4-2-8(18)6-11(12)16/h1-6,18H,(H,17,19). The number of phenols is 1. The molecule has 0 radical (unpaired) electrons. The van der Waals surface area contributed by atoms with E-state index in [9.17, 15) is 9.18 Å². The van der Waals surface area contributed by atoms with Crippen LogP contribution >= 0.6 is 27.5 Å². The number of anilines is 1. The molecule has 0 fully saturated rings. The van der Waals surface area contributed by atoms with Crippen molar-refractivity contribution in [1.82, 2.24) is 0 Å². The molecule has 2 aromatic rings. The number of phenolic OH excluding ortho intramolecular Hbond substituents is 1. The second kappa shape index (κ2) is 5.59. The molecule has 0 spiro atoms. The quantitative estimate of drug-likeness (QED) is 0.802. The Hall–Kier alpha value is -1.59. The summed E-state index contributed by atoms with van der Waals surface area (Å²) in [5, 5.41) is 11.7. The summed E-state index contributed by atoms with van der Waals surface area (Å²) < 4.78 is 14.2. The fourth-order valence-corrected chi connectivity index (χ4v) is 2.03. The van der Waals surface area contributed by atoms with Gasteiger partial charge in [0.25, 0.3) is 5.91 Å². The van der Waals surface area contributed by atoms with E-state index in [0.29, 0.717) is 4.47 Å². The van der Waals surface area contributed by atoms with Crippen molar-refractivity contribution >= 4 is 39.1 Å². The SMILES string of the molecule is O=C(Nc1ccc(O)cc1F)c1cc(Br)ccc1Cl. The Morgan fingerprint density at radius 1 is 1.26 bits per heavy atom. The molecule has 1 amide bonds. The molecule has 0 aliphatic rings. The van der Waals surface area contributed by atoms with Crippen molar-refractivity contribution in [3.63, 3.8) is 0 Å². The fourth-order valence-electron chi connectivity index (χ4n) is 1.47. The summed E-state index contributed by atoms with van der Waals surface area (Å²) in [6.45, 7) is 0. The summed E-state index contributed by atoms with van der Waals surface area (Å²) in [5.41, 5.74) is 0.197. The summed E-state index contributed by atoms with van der Waals surface area (Å²) in [7, 11) is 0. The number of nitrogens with one attached hydrogen (secondary N) is 1. The number of benzene rings is 2. The van der Waals surface area contributed by atoms with Gasteiger partial charge in [0.1, 0.15) is 11.6 Å². The molecule has 0 saturated heterocycles. The van der Waals surface area contributed by atoms with Crippen molar-refractivity contribution in [2.45, 2.75) is 0 Å². The molecule has 19 heavy (non-hydrogen) atoms. The third-order valence-corrected chi connectivity index (χ3v) is 3.20. The van der Waals surface area contributed by atoms with Gasteiger partial charge in [-0.25, -0.2) is 4.39 Å². The Kier molecular flexibility index (Phi) is 4.07. The zero-order valence-electron chi connectivity index (χ0n) is 9.45. The lowest BCUT2D eigenvalue weighted by molar-refractivity contribution is 0.102. The number of carbonyl (C=O) groups excluding carboxylic acids is 1. The van der Waals surface area contributed by atoms with Gasteiger partial charge in [0.2, 0.25) is 0 Å². The first-order chi connectivity index (χ1) is 8.97. The third kappa shape index (κ3) is 3.24. The van der Waals surface area contributed by atoms with Crippen LogP contribution in [0, 0.1) is 5.82 Å². The van der Waals surface area contributed by atoms with Gasteiger partial charge < -0.3 is 10.4 Å². The summed E-state index contributed by atoms with van der Waals surface area (Å²) in [6, 6.07) is 8.26. The van der Waals surface area contributed by atoms with Crippen LogP contribution in [0.1, 0.15) is 10.4 Å². The molecule has 98 valence electrons. The Morgan fingerprint density at radius 2 is 2.00 bits per heavy atom. The van der Waals surface area contributed by atoms with Crippen molar-refractivity contribution < 1.29 is 14.3 Å². The van der Waals surface area contributed by atoms with Gasteiger partial charge in [0, 0.05) is 10.5 Å². The highest BCUT2D eigenvalue weighted by atomic mass is 79.9. The Balaban J connectivity index is 2.28. The molecule has 0 unspecified atom stereocenters. The van der Waals surface area contributed by atoms with E-state index in [-0.39, 0.29) is 22.0 Å². The van der Waals surface area contributed by atoms with Crippen LogP contribution < -0.4 is 5.32 Å². The van der Waals surface area contributed by atoms with Crippen LogP contribution in [0.25, 0.3) is 0 Å². The number of rotatable bonds is 2. The Bertz CT molecular complexity index is 649. The monoisotopic (exact) mass is 343 g/mol. The van der Waals surface area contributed by atoms with E-state index in [2.05, 4.69) is 21.2 Å². The highest BCUT2D eigenvalue weighted by molar-refractivity contribution is 9.10. The first-order valence-electron chi connectivity index (χ1n) is 5.22. The predicted molar refractivity (Wildman–Crippen MR) is 75.2 cm³/mol. The topological polar surface area (TPSA) is 49.3 Å². The molecule has 0 bridgehead atoms. The van der Waals surface area contributed by atoms with Gasteiger partial charge in [0.15, 0.2) is 0 Å². The molecular weight excluding hydrogens is 337 g/mol. The molecule has 0 aliphatic carbocycles. The Labute approximate surface area is 122 Å². The van der Waals surface area contributed by atoms with Gasteiger partial charge >= 0.3 is 0 Å². The first-order valence-corrected chi connectivity index (χ1v) is 6.39. The highest BCUT2D eigenvalue weighted by Gasteiger charge is 2.13. The van der Waals surface area contributed by atoms with Crippen LogP contribution in [0.5, 0.6) is 5.75 Å². The molecule has 0 aliphatic heterocycles. The van der Waals surface area contributed by atoms with Crippen molar-refractivity contribution in [2.24, 2.45) is 0 Å². The van der Waals surface area contributed by atoms with E-state index in [1.807, 2.05) is 0 Å². The number of aromatic hydroxyl groups is 1. The van der Waals surface area contributed by atoms with Crippen LogP contribution in [0.2, 0.25) is 5.02 Å². The number of hydrogen-bond acceptors (Lipinski definition) is 2. The zero-order chi connectivity index (χ0) is 14.0. The van der Waals surface area contributed by atoms with Crippen LogP contribution in [-0.2, 0) is 0 Å². The van der Waals surface area contributed by atoms with E-state index in [1.165, 1.54) is 18.2 Å². The minimum Gasteiger partial charge on any atom is -0.508 e. The molecule has 2 rings (SSSR count). The lowest BCUT2D eigenvalue weighted by Crippen LogP contribution is -2.13. The summed E-state index contributed by atoms with van der Waals surface area (Å²) in [4.78, 5) is 12.0. The molecule has 0 saturated carbocycles. The predicted octanol–water partition coefficient (Wildman–Crippen LogP) is 4.20. The van der Waals surface area contributed by atoms with Crippen LogP contribution in [0.3, 0.4) is 0 Å². The Morgan fingerprint density at radius 3 is 2.68 bits per heavy atom. The van der Waals surface area contributed by atoms with Crippen LogP contribution in [-0.4, -0.2) is 11.0 Å². The summed E-state index contributed by atoms with van der Waals surface area (Å²) >= 11 is 9.14. The van der Waals surface area contributed by atoms with Crippen molar-refractivity contribution in [3.05, 3.63) is 57.3 Å². The van der Waals surface area contributed by atoms with E-state index in [0.717, 1.165) is 6.07 Å². The molecule has 0 aromatic heterocycles. The van der Waals surface area contributed by atoms with Gasteiger partial charge in [-0.3, -0.25) is 4.79 Å². The van der Waals surface area contributed by atoms with E-state index >= 15 is 0 Å². The molecule has 0 heterocycles. The molecule has 0 atom stereocenters. The van der Waals surface area contributed by atoms with Crippen LogP contribution in [0.15, 0.2) is 40.9 Å². The molecule has 6 heteroatoms. The minimum atomic E-state index is -0.723. The molecular formula is C13H8BrClFNO2. The number of halogens is 3. The van der Waals surface area contributed by atoms with Gasteiger partial charge in [-0.15, -0.1) is 0 Å². The number of carbonyl (C=O) groups is 1. The van der Waals surface area contributed by atoms with Gasteiger partial charge in [-0.1, -0.05) is 27.5 Å². The molecule has 3 nitrogen and oxygen atoms in total. The number of hydrogen-bond donors (Lipinski definition) is 2. The normalized spacial score (nSPS) is 10.3. The first kappa shape index (κ1) is 13.8. The fraction of sp³-hybridized carbons (Fsp3) is 0. The van der Waals surface area contributed by atoms with Gasteiger partial charge in [0.05, 0.1) is 16.3 Å². The highest BCUT2D eigenvalue weighted by Crippen LogP contribution is 2.24. The maximum absolute atomic E-state index is 13.5. The maximum atomic E-state index is 13.5. The largest absolute Gasteiger partial charge is 0.508 e. The second-order valence-electron chi connectivity index (χ2n) is 3.74.